The minimum Gasteiger partial charge on any atom is -0.493 e. The average Bonchev–Trinajstić information content (AvgIpc) is 3.07. The van der Waals surface area contributed by atoms with E-state index in [1.54, 1.807) is 13.4 Å². The van der Waals surface area contributed by atoms with Crippen LogP contribution < -0.4 is 9.47 Å². The largest absolute Gasteiger partial charge is 0.493 e. The Morgan fingerprint density at radius 1 is 1.12 bits per heavy atom. The van der Waals surface area contributed by atoms with Gasteiger partial charge in [-0.3, -0.25) is 4.90 Å². The molecule has 0 N–H and O–H groups in total. The summed E-state index contributed by atoms with van der Waals surface area (Å²) in [6, 6.07) is 16.6. The van der Waals surface area contributed by atoms with E-state index in [9.17, 15) is 0 Å². The predicted octanol–water partition coefficient (Wildman–Crippen LogP) is 4.66. The SMILES string of the molecule is COc1cc(-c2ccccc2C)cc2c1OCCN(Cc1ccco1)C2. The molecule has 0 amide bonds. The molecule has 0 unspecified atom stereocenters. The summed E-state index contributed by atoms with van der Waals surface area (Å²) in [5.41, 5.74) is 4.76. The van der Waals surface area contributed by atoms with Crippen LogP contribution in [0.4, 0.5) is 0 Å². The molecule has 4 nitrogen and oxygen atoms in total. The van der Waals surface area contributed by atoms with E-state index >= 15 is 0 Å². The number of rotatable bonds is 4. The fourth-order valence-electron chi connectivity index (χ4n) is 3.50. The number of fused-ring (bicyclic) bond motifs is 1. The smallest absolute Gasteiger partial charge is 0.165 e. The molecular weight excluding hydrogens is 326 g/mol. The maximum atomic E-state index is 6.04. The zero-order valence-electron chi connectivity index (χ0n) is 15.2. The Morgan fingerprint density at radius 2 is 2.00 bits per heavy atom. The monoisotopic (exact) mass is 349 g/mol. The first kappa shape index (κ1) is 16.7. The summed E-state index contributed by atoms with van der Waals surface area (Å²) in [5, 5.41) is 0. The minimum atomic E-state index is 0.633. The third kappa shape index (κ3) is 3.33. The third-order valence-electron chi connectivity index (χ3n) is 4.82. The second-order valence-electron chi connectivity index (χ2n) is 6.62. The number of methoxy groups -OCH3 is 1. The summed E-state index contributed by atoms with van der Waals surface area (Å²) >= 11 is 0. The summed E-state index contributed by atoms with van der Waals surface area (Å²) in [6.45, 7) is 5.18. The van der Waals surface area contributed by atoms with Crippen molar-refractivity contribution >= 4 is 0 Å². The highest BCUT2D eigenvalue weighted by atomic mass is 16.5. The molecule has 0 radical (unpaired) electrons. The summed E-state index contributed by atoms with van der Waals surface area (Å²) in [5.74, 6) is 2.61. The van der Waals surface area contributed by atoms with Crippen molar-refractivity contribution in [3.63, 3.8) is 0 Å². The van der Waals surface area contributed by atoms with Crippen molar-refractivity contribution < 1.29 is 13.9 Å². The second-order valence-corrected chi connectivity index (χ2v) is 6.62. The number of aryl methyl sites for hydroxylation is 1. The summed E-state index contributed by atoms with van der Waals surface area (Å²) < 4.78 is 17.2. The lowest BCUT2D eigenvalue weighted by atomic mass is 9.97. The van der Waals surface area contributed by atoms with Crippen LogP contribution in [0.1, 0.15) is 16.9 Å². The lowest BCUT2D eigenvalue weighted by Crippen LogP contribution is -2.25. The molecule has 0 saturated heterocycles. The molecular formula is C22H23NO3. The van der Waals surface area contributed by atoms with Gasteiger partial charge >= 0.3 is 0 Å². The third-order valence-corrected chi connectivity index (χ3v) is 4.82. The molecule has 1 aromatic heterocycles. The zero-order chi connectivity index (χ0) is 17.9. The maximum absolute atomic E-state index is 6.04. The van der Waals surface area contributed by atoms with Gasteiger partial charge in [-0.2, -0.15) is 0 Å². The van der Waals surface area contributed by atoms with E-state index in [1.807, 2.05) is 12.1 Å². The Hall–Kier alpha value is -2.72. The van der Waals surface area contributed by atoms with Crippen LogP contribution >= 0.6 is 0 Å². The van der Waals surface area contributed by atoms with Crippen LogP contribution in [0, 0.1) is 6.92 Å². The molecule has 0 fully saturated rings. The molecule has 0 atom stereocenters. The van der Waals surface area contributed by atoms with Crippen LogP contribution in [0.5, 0.6) is 11.5 Å². The van der Waals surface area contributed by atoms with Crippen molar-refractivity contribution in [3.8, 4) is 22.6 Å². The molecule has 1 aliphatic rings. The van der Waals surface area contributed by atoms with Crippen molar-refractivity contribution in [2.24, 2.45) is 0 Å². The van der Waals surface area contributed by atoms with Gasteiger partial charge in [-0.25, -0.2) is 0 Å². The molecule has 2 heterocycles. The quantitative estimate of drug-likeness (QED) is 0.686. The summed E-state index contributed by atoms with van der Waals surface area (Å²) in [4.78, 5) is 2.34. The molecule has 2 aromatic carbocycles. The van der Waals surface area contributed by atoms with Crippen LogP contribution in [0.25, 0.3) is 11.1 Å². The van der Waals surface area contributed by atoms with Crippen molar-refractivity contribution in [3.05, 3.63) is 71.7 Å². The van der Waals surface area contributed by atoms with Gasteiger partial charge in [0.15, 0.2) is 11.5 Å². The maximum Gasteiger partial charge on any atom is 0.165 e. The van der Waals surface area contributed by atoms with Crippen molar-refractivity contribution in [1.29, 1.82) is 0 Å². The van der Waals surface area contributed by atoms with Gasteiger partial charge in [0.25, 0.3) is 0 Å². The van der Waals surface area contributed by atoms with Gasteiger partial charge in [0.05, 0.1) is 19.9 Å². The molecule has 0 spiro atoms. The topological polar surface area (TPSA) is 34.8 Å². The minimum absolute atomic E-state index is 0.633. The molecule has 134 valence electrons. The van der Waals surface area contributed by atoms with E-state index in [-0.39, 0.29) is 0 Å². The van der Waals surface area contributed by atoms with E-state index in [0.29, 0.717) is 6.61 Å². The van der Waals surface area contributed by atoms with Gasteiger partial charge in [0.2, 0.25) is 0 Å². The first-order valence-corrected chi connectivity index (χ1v) is 8.89. The number of nitrogens with zero attached hydrogens (tertiary/aromatic N) is 1. The van der Waals surface area contributed by atoms with Gasteiger partial charge in [0.1, 0.15) is 12.4 Å². The fraction of sp³-hybridized carbons (Fsp3) is 0.273. The van der Waals surface area contributed by atoms with E-state index < -0.39 is 0 Å². The first-order chi connectivity index (χ1) is 12.7. The lowest BCUT2D eigenvalue weighted by Gasteiger charge is -2.19. The Morgan fingerprint density at radius 3 is 2.77 bits per heavy atom. The van der Waals surface area contributed by atoms with Crippen molar-refractivity contribution in [1.82, 2.24) is 4.90 Å². The van der Waals surface area contributed by atoms with Crippen LogP contribution in [0.3, 0.4) is 0 Å². The lowest BCUT2D eigenvalue weighted by molar-refractivity contribution is 0.204. The molecule has 0 bridgehead atoms. The Labute approximate surface area is 154 Å². The highest BCUT2D eigenvalue weighted by molar-refractivity contribution is 5.71. The van der Waals surface area contributed by atoms with Gasteiger partial charge in [-0.15, -0.1) is 0 Å². The predicted molar refractivity (Wildman–Crippen MR) is 101 cm³/mol. The van der Waals surface area contributed by atoms with Crippen LogP contribution in [-0.2, 0) is 13.1 Å². The van der Waals surface area contributed by atoms with Crippen LogP contribution in [0.2, 0.25) is 0 Å². The van der Waals surface area contributed by atoms with Crippen molar-refractivity contribution in [2.45, 2.75) is 20.0 Å². The van der Waals surface area contributed by atoms with Gasteiger partial charge in [-0.1, -0.05) is 24.3 Å². The highest BCUT2D eigenvalue weighted by Crippen LogP contribution is 2.39. The van der Waals surface area contributed by atoms with Crippen LogP contribution in [-0.4, -0.2) is 25.2 Å². The second kappa shape index (κ2) is 7.26. The van der Waals surface area contributed by atoms with Gasteiger partial charge < -0.3 is 13.9 Å². The average molecular weight is 349 g/mol. The molecule has 0 saturated carbocycles. The van der Waals surface area contributed by atoms with Gasteiger partial charge in [-0.05, 0) is 47.9 Å². The highest BCUT2D eigenvalue weighted by Gasteiger charge is 2.21. The molecule has 26 heavy (non-hydrogen) atoms. The van der Waals surface area contributed by atoms with Gasteiger partial charge in [0, 0.05) is 18.7 Å². The normalized spacial score (nSPS) is 14.4. The number of benzene rings is 2. The van der Waals surface area contributed by atoms with Crippen molar-refractivity contribution in [2.75, 3.05) is 20.3 Å². The Bertz CT molecular complexity index is 886. The molecule has 4 rings (SSSR count). The summed E-state index contributed by atoms with van der Waals surface area (Å²) in [6.07, 6.45) is 1.72. The van der Waals surface area contributed by atoms with E-state index in [1.165, 1.54) is 11.1 Å². The van der Waals surface area contributed by atoms with E-state index in [4.69, 9.17) is 13.9 Å². The standard InChI is InChI=1S/C22H23NO3/c1-16-6-3-4-8-20(16)17-12-18-14-23(15-19-7-5-10-25-19)9-11-26-22(18)21(13-17)24-2/h3-8,10,12-13H,9,11,14-15H2,1-2H3. The number of hydrogen-bond donors (Lipinski definition) is 0. The fourth-order valence-corrected chi connectivity index (χ4v) is 3.50. The molecule has 3 aromatic rings. The molecule has 4 heteroatoms. The Kier molecular flexibility index (Phi) is 4.67. The first-order valence-electron chi connectivity index (χ1n) is 8.89. The number of hydrogen-bond acceptors (Lipinski definition) is 4. The summed E-state index contributed by atoms with van der Waals surface area (Å²) in [7, 11) is 1.70. The van der Waals surface area contributed by atoms with E-state index in [0.717, 1.165) is 48.0 Å². The zero-order valence-corrected chi connectivity index (χ0v) is 15.2. The van der Waals surface area contributed by atoms with E-state index in [2.05, 4.69) is 48.2 Å². The number of furan rings is 1. The van der Waals surface area contributed by atoms with Crippen LogP contribution in [0.15, 0.2) is 59.2 Å². The molecule has 0 aliphatic carbocycles. The number of ether oxygens (including phenoxy) is 2. The molecule has 1 aliphatic heterocycles. The Balaban J connectivity index is 1.71.